The van der Waals surface area contributed by atoms with E-state index < -0.39 is 0 Å². The van der Waals surface area contributed by atoms with E-state index in [1.54, 1.807) is 6.20 Å². The van der Waals surface area contributed by atoms with Crippen molar-refractivity contribution in [1.82, 2.24) is 19.6 Å². The first-order valence-corrected chi connectivity index (χ1v) is 8.11. The van der Waals surface area contributed by atoms with Crippen LogP contribution in [0, 0.1) is 6.92 Å². The van der Waals surface area contributed by atoms with Gasteiger partial charge >= 0.3 is 0 Å². The molecule has 1 saturated heterocycles. The fraction of sp³-hybridized carbons (Fsp3) is 0.471. The molecule has 1 unspecified atom stereocenters. The number of rotatable bonds is 4. The number of hydrogen-bond donors (Lipinski definition) is 1. The van der Waals surface area contributed by atoms with Crippen LogP contribution in [0.1, 0.15) is 35.7 Å². The van der Waals surface area contributed by atoms with Gasteiger partial charge in [0.05, 0.1) is 0 Å². The Hall–Kier alpha value is -2.21. The van der Waals surface area contributed by atoms with Crippen LogP contribution in [0.15, 0.2) is 29.3 Å². The second-order valence-electron chi connectivity index (χ2n) is 6.05. The zero-order valence-corrected chi connectivity index (χ0v) is 13.6. The minimum Gasteiger partial charge on any atom is -0.334 e. The van der Waals surface area contributed by atoms with Crippen LogP contribution in [-0.4, -0.2) is 45.9 Å². The van der Waals surface area contributed by atoms with Crippen LogP contribution in [0.2, 0.25) is 0 Å². The van der Waals surface area contributed by atoms with Gasteiger partial charge in [0.15, 0.2) is 0 Å². The van der Waals surface area contributed by atoms with Crippen molar-refractivity contribution in [2.75, 3.05) is 19.6 Å². The molecule has 6 nitrogen and oxygen atoms in total. The summed E-state index contributed by atoms with van der Waals surface area (Å²) in [5.74, 6) is -0.215. The standard InChI is InChI=1S/C17H22N4O2/c1-3-7-20(13-4-6-18-10-13)16(22)14-11-19-15-9-12(2)5-8-21(15)17(14)23/h5,8-9,11,13,18H,3-4,6-7,10H2,1-2H3. The number of aromatic nitrogens is 2. The summed E-state index contributed by atoms with van der Waals surface area (Å²) in [6.07, 6.45) is 4.89. The molecule has 1 atom stereocenters. The number of carbonyl (C=O) groups is 1. The summed E-state index contributed by atoms with van der Waals surface area (Å²) in [7, 11) is 0. The van der Waals surface area contributed by atoms with Gasteiger partial charge in [0.2, 0.25) is 0 Å². The van der Waals surface area contributed by atoms with Crippen LogP contribution >= 0.6 is 0 Å². The highest BCUT2D eigenvalue weighted by atomic mass is 16.2. The Bertz CT molecular complexity index is 778. The third kappa shape index (κ3) is 2.99. The van der Waals surface area contributed by atoms with E-state index in [4.69, 9.17) is 0 Å². The molecule has 1 amide bonds. The molecule has 23 heavy (non-hydrogen) atoms. The first kappa shape index (κ1) is 15.7. The van der Waals surface area contributed by atoms with Crippen molar-refractivity contribution in [1.29, 1.82) is 0 Å². The Labute approximate surface area is 135 Å². The van der Waals surface area contributed by atoms with Gasteiger partial charge in [-0.2, -0.15) is 0 Å². The number of carbonyl (C=O) groups excluding carboxylic acids is 1. The highest BCUT2D eigenvalue weighted by molar-refractivity contribution is 5.94. The van der Waals surface area contributed by atoms with E-state index in [-0.39, 0.29) is 23.1 Å². The predicted molar refractivity (Wildman–Crippen MR) is 88.8 cm³/mol. The van der Waals surface area contributed by atoms with Gasteiger partial charge < -0.3 is 10.2 Å². The second-order valence-corrected chi connectivity index (χ2v) is 6.05. The molecule has 0 aromatic carbocycles. The fourth-order valence-corrected chi connectivity index (χ4v) is 3.07. The van der Waals surface area contributed by atoms with Crippen molar-refractivity contribution in [3.63, 3.8) is 0 Å². The highest BCUT2D eigenvalue weighted by Crippen LogP contribution is 2.13. The first-order chi connectivity index (χ1) is 11.1. The van der Waals surface area contributed by atoms with Crippen molar-refractivity contribution in [3.8, 4) is 0 Å². The van der Waals surface area contributed by atoms with Gasteiger partial charge in [0, 0.05) is 31.5 Å². The van der Waals surface area contributed by atoms with Gasteiger partial charge in [0.1, 0.15) is 11.2 Å². The normalized spacial score (nSPS) is 17.6. The molecule has 1 fully saturated rings. The van der Waals surface area contributed by atoms with E-state index in [0.717, 1.165) is 31.5 Å². The minimum absolute atomic E-state index is 0.145. The van der Waals surface area contributed by atoms with E-state index in [9.17, 15) is 9.59 Å². The van der Waals surface area contributed by atoms with Crippen molar-refractivity contribution >= 4 is 11.6 Å². The summed E-state index contributed by atoms with van der Waals surface area (Å²) in [5.41, 5.74) is 1.44. The molecule has 122 valence electrons. The van der Waals surface area contributed by atoms with Crippen molar-refractivity contribution in [3.05, 3.63) is 46.0 Å². The van der Waals surface area contributed by atoms with Gasteiger partial charge in [-0.05, 0) is 44.0 Å². The lowest BCUT2D eigenvalue weighted by Gasteiger charge is -2.28. The third-order valence-corrected chi connectivity index (χ3v) is 4.30. The molecule has 0 aliphatic carbocycles. The molecule has 0 radical (unpaired) electrons. The third-order valence-electron chi connectivity index (χ3n) is 4.30. The number of aryl methyl sites for hydroxylation is 1. The number of hydrogen-bond acceptors (Lipinski definition) is 4. The maximum atomic E-state index is 12.9. The van der Waals surface area contributed by atoms with E-state index in [1.807, 2.05) is 30.9 Å². The number of nitrogens with one attached hydrogen (secondary N) is 1. The summed E-state index contributed by atoms with van der Waals surface area (Å²) in [6, 6.07) is 3.83. The average molecular weight is 314 g/mol. The predicted octanol–water partition coefficient (Wildman–Crippen LogP) is 1.22. The van der Waals surface area contributed by atoms with E-state index in [0.29, 0.717) is 12.2 Å². The van der Waals surface area contributed by atoms with Gasteiger partial charge in [-0.25, -0.2) is 4.98 Å². The Morgan fingerprint density at radius 3 is 3.04 bits per heavy atom. The monoisotopic (exact) mass is 314 g/mol. The lowest BCUT2D eigenvalue weighted by molar-refractivity contribution is 0.0690. The van der Waals surface area contributed by atoms with Gasteiger partial charge in [-0.3, -0.25) is 14.0 Å². The maximum Gasteiger partial charge on any atom is 0.270 e. The van der Waals surface area contributed by atoms with Crippen molar-refractivity contribution in [2.45, 2.75) is 32.7 Å². The Kier molecular flexibility index (Phi) is 4.43. The zero-order valence-electron chi connectivity index (χ0n) is 13.6. The van der Waals surface area contributed by atoms with Gasteiger partial charge in [0.25, 0.3) is 11.5 Å². The smallest absolute Gasteiger partial charge is 0.270 e. The molecule has 3 heterocycles. The largest absolute Gasteiger partial charge is 0.334 e. The summed E-state index contributed by atoms with van der Waals surface area (Å²) in [4.78, 5) is 31.7. The maximum absolute atomic E-state index is 12.9. The number of fused-ring (bicyclic) bond motifs is 1. The van der Waals surface area contributed by atoms with Crippen LogP contribution in [0.4, 0.5) is 0 Å². The SMILES string of the molecule is CCCN(C(=O)c1cnc2cc(C)ccn2c1=O)C1CCNC1. The summed E-state index contributed by atoms with van der Waals surface area (Å²) >= 11 is 0. The van der Waals surface area contributed by atoms with Crippen LogP contribution in [-0.2, 0) is 0 Å². The van der Waals surface area contributed by atoms with Crippen LogP contribution in [0.3, 0.4) is 0 Å². The minimum atomic E-state index is -0.299. The summed E-state index contributed by atoms with van der Waals surface area (Å²) in [6.45, 7) is 6.33. The zero-order chi connectivity index (χ0) is 16.4. The summed E-state index contributed by atoms with van der Waals surface area (Å²) < 4.78 is 1.44. The number of pyridine rings is 1. The molecular formula is C17H22N4O2. The highest BCUT2D eigenvalue weighted by Gasteiger charge is 2.28. The van der Waals surface area contributed by atoms with Crippen LogP contribution in [0.25, 0.3) is 5.65 Å². The van der Waals surface area contributed by atoms with Gasteiger partial charge in [-0.15, -0.1) is 0 Å². The molecule has 6 heteroatoms. The Balaban J connectivity index is 2.00. The van der Waals surface area contributed by atoms with E-state index in [1.165, 1.54) is 10.6 Å². The van der Waals surface area contributed by atoms with Crippen molar-refractivity contribution < 1.29 is 4.79 Å². The Morgan fingerprint density at radius 2 is 2.35 bits per heavy atom. The topological polar surface area (TPSA) is 66.7 Å². The molecule has 1 N–H and O–H groups in total. The molecule has 0 spiro atoms. The quantitative estimate of drug-likeness (QED) is 0.921. The average Bonchev–Trinajstić information content (AvgIpc) is 3.06. The van der Waals surface area contributed by atoms with Crippen LogP contribution < -0.4 is 10.9 Å². The molecule has 0 saturated carbocycles. The first-order valence-electron chi connectivity index (χ1n) is 8.11. The lowest BCUT2D eigenvalue weighted by Crippen LogP contribution is -2.44. The Morgan fingerprint density at radius 1 is 1.52 bits per heavy atom. The molecule has 1 aliphatic heterocycles. The van der Waals surface area contributed by atoms with E-state index >= 15 is 0 Å². The molecular weight excluding hydrogens is 292 g/mol. The van der Waals surface area contributed by atoms with Crippen molar-refractivity contribution in [2.24, 2.45) is 0 Å². The number of amides is 1. The molecule has 3 rings (SSSR count). The van der Waals surface area contributed by atoms with Gasteiger partial charge in [-0.1, -0.05) is 6.92 Å². The molecule has 0 bridgehead atoms. The number of nitrogens with zero attached hydrogens (tertiary/aromatic N) is 3. The lowest BCUT2D eigenvalue weighted by atomic mass is 10.1. The molecule has 1 aliphatic rings. The molecule has 2 aromatic heterocycles. The second kappa shape index (κ2) is 6.50. The molecule has 2 aromatic rings. The van der Waals surface area contributed by atoms with Crippen LogP contribution in [0.5, 0.6) is 0 Å². The summed E-state index contributed by atoms with van der Waals surface area (Å²) in [5, 5.41) is 3.28. The van der Waals surface area contributed by atoms with E-state index in [2.05, 4.69) is 10.3 Å². The fourth-order valence-electron chi connectivity index (χ4n) is 3.07.